The third-order valence-corrected chi connectivity index (χ3v) is 4.81. The summed E-state index contributed by atoms with van der Waals surface area (Å²) in [7, 11) is 0. The van der Waals surface area contributed by atoms with E-state index in [1.54, 1.807) is 6.92 Å². The van der Waals surface area contributed by atoms with Gasteiger partial charge in [0, 0.05) is 17.4 Å². The molecule has 1 aliphatic heterocycles. The fourth-order valence-electron chi connectivity index (χ4n) is 3.77. The molecule has 4 rings (SSSR count). The summed E-state index contributed by atoms with van der Waals surface area (Å²) in [6, 6.07) is 9.24. The first-order valence-corrected chi connectivity index (χ1v) is 8.04. The van der Waals surface area contributed by atoms with Gasteiger partial charge in [-0.3, -0.25) is 0 Å². The van der Waals surface area contributed by atoms with Crippen molar-refractivity contribution < 1.29 is 23.8 Å². The number of fused-ring (bicyclic) bond motifs is 3. The minimum atomic E-state index is -1.20. The molecule has 0 aromatic heterocycles. The normalized spacial score (nSPS) is 32.8. The van der Waals surface area contributed by atoms with Crippen LogP contribution in [0.1, 0.15) is 18.9 Å². The van der Waals surface area contributed by atoms with E-state index in [-0.39, 0.29) is 24.3 Å². The molecule has 1 aromatic rings. The summed E-state index contributed by atoms with van der Waals surface area (Å²) in [5.74, 6) is -0.368. The second-order valence-electron chi connectivity index (χ2n) is 6.11. The van der Waals surface area contributed by atoms with Crippen molar-refractivity contribution in [1.82, 2.24) is 0 Å². The number of hydrogen-bond acceptors (Lipinski definition) is 6. The molecule has 24 heavy (non-hydrogen) atoms. The zero-order valence-electron chi connectivity index (χ0n) is 13.2. The van der Waals surface area contributed by atoms with Gasteiger partial charge in [0.2, 0.25) is 11.4 Å². The molecule has 2 aliphatic carbocycles. The van der Waals surface area contributed by atoms with Gasteiger partial charge in [-0.25, -0.2) is 14.6 Å². The van der Waals surface area contributed by atoms with Crippen LogP contribution in [0.25, 0.3) is 0 Å². The summed E-state index contributed by atoms with van der Waals surface area (Å²) in [6.45, 7) is 1.92. The first kappa shape index (κ1) is 14.9. The van der Waals surface area contributed by atoms with Crippen molar-refractivity contribution >= 4 is 18.0 Å². The Hall–Kier alpha value is -2.63. The van der Waals surface area contributed by atoms with E-state index in [0.717, 1.165) is 5.56 Å². The Labute approximate surface area is 139 Å². The van der Waals surface area contributed by atoms with E-state index in [2.05, 4.69) is 4.99 Å². The number of ether oxygens (including phenoxy) is 3. The lowest BCUT2D eigenvalue weighted by molar-refractivity contribution is -0.144. The van der Waals surface area contributed by atoms with E-state index >= 15 is 0 Å². The van der Waals surface area contributed by atoms with Crippen LogP contribution in [-0.4, -0.2) is 36.3 Å². The number of cyclic esters (lactones) is 1. The Morgan fingerprint density at radius 1 is 1.33 bits per heavy atom. The molecule has 0 unspecified atom stereocenters. The van der Waals surface area contributed by atoms with Crippen LogP contribution in [0.3, 0.4) is 0 Å². The lowest BCUT2D eigenvalue weighted by Crippen LogP contribution is -2.51. The molecule has 6 nitrogen and oxygen atoms in total. The first-order valence-electron chi connectivity index (χ1n) is 8.04. The van der Waals surface area contributed by atoms with Crippen molar-refractivity contribution in [3.8, 4) is 0 Å². The van der Waals surface area contributed by atoms with E-state index in [9.17, 15) is 9.59 Å². The molecule has 4 atom stereocenters. The third-order valence-electron chi connectivity index (χ3n) is 4.81. The molecular formula is C18H17NO5. The fourth-order valence-corrected chi connectivity index (χ4v) is 3.77. The minimum Gasteiger partial charge on any atom is -0.435 e. The van der Waals surface area contributed by atoms with Gasteiger partial charge < -0.3 is 14.2 Å². The maximum atomic E-state index is 12.7. The lowest BCUT2D eigenvalue weighted by atomic mass is 9.83. The average molecular weight is 327 g/mol. The Balaban J connectivity index is 1.71. The van der Waals surface area contributed by atoms with Crippen molar-refractivity contribution in [1.29, 1.82) is 0 Å². The Morgan fingerprint density at radius 2 is 2.12 bits per heavy atom. The van der Waals surface area contributed by atoms with Crippen molar-refractivity contribution in [3.05, 3.63) is 48.0 Å². The number of hydrogen-bond donors (Lipinski definition) is 0. The number of carbonyl (C=O) groups is 2. The molecule has 3 aliphatic rings. The maximum Gasteiger partial charge on any atom is 0.508 e. The van der Waals surface area contributed by atoms with Gasteiger partial charge in [0.05, 0.1) is 6.61 Å². The molecule has 6 heteroatoms. The van der Waals surface area contributed by atoms with Crippen molar-refractivity contribution in [2.24, 2.45) is 16.8 Å². The molecule has 0 N–H and O–H groups in total. The standard InChI is InChI=1S/C18H17NO5/c1-2-22-17(21)23-14-12-8-9-13(10-12)18(14)16(20)24-15(19-18)11-6-4-3-5-7-11/h3-9,12-14H,2,10H2,1H3/t12-,13+,14+,18-/m0/s1. The molecule has 124 valence electrons. The first-order chi connectivity index (χ1) is 11.6. The highest BCUT2D eigenvalue weighted by Crippen LogP contribution is 2.52. The van der Waals surface area contributed by atoms with Crippen LogP contribution < -0.4 is 0 Å². The predicted molar refractivity (Wildman–Crippen MR) is 84.4 cm³/mol. The summed E-state index contributed by atoms with van der Waals surface area (Å²) in [4.78, 5) is 29.1. The monoisotopic (exact) mass is 327 g/mol. The summed E-state index contributed by atoms with van der Waals surface area (Å²) < 4.78 is 15.8. The summed E-state index contributed by atoms with van der Waals surface area (Å²) in [5.41, 5.74) is -0.471. The van der Waals surface area contributed by atoms with Crippen molar-refractivity contribution in [2.75, 3.05) is 6.61 Å². The SMILES string of the molecule is CCOC(=O)O[C@@H]1[C@H]2C=C[C@H](C2)[C@]12N=C(c1ccccc1)OC2=O. The molecular weight excluding hydrogens is 310 g/mol. The van der Waals surface area contributed by atoms with Gasteiger partial charge in [0.1, 0.15) is 6.10 Å². The number of esters is 1. The largest absolute Gasteiger partial charge is 0.508 e. The fraction of sp³-hybridized carbons (Fsp3) is 0.389. The summed E-state index contributed by atoms with van der Waals surface area (Å²) in [6.07, 6.45) is 3.18. The second kappa shape index (κ2) is 5.47. The van der Waals surface area contributed by atoms with Crippen LogP contribution in [0.15, 0.2) is 47.5 Å². The topological polar surface area (TPSA) is 74.2 Å². The molecule has 0 amide bonds. The van der Waals surface area contributed by atoms with Crippen molar-refractivity contribution in [3.63, 3.8) is 0 Å². The van der Waals surface area contributed by atoms with Crippen LogP contribution in [0, 0.1) is 11.8 Å². The van der Waals surface area contributed by atoms with Gasteiger partial charge >= 0.3 is 12.1 Å². The third kappa shape index (κ3) is 2.06. The zero-order valence-corrected chi connectivity index (χ0v) is 13.2. The van der Waals surface area contributed by atoms with Gasteiger partial charge in [-0.05, 0) is 25.5 Å². The van der Waals surface area contributed by atoms with Gasteiger partial charge in [-0.2, -0.15) is 0 Å². The Morgan fingerprint density at radius 3 is 2.88 bits per heavy atom. The highest BCUT2D eigenvalue weighted by molar-refractivity contribution is 6.08. The van der Waals surface area contributed by atoms with E-state index in [0.29, 0.717) is 6.42 Å². The number of aliphatic imine (C=N–C) groups is 1. The van der Waals surface area contributed by atoms with Crippen molar-refractivity contribution in [2.45, 2.75) is 25.0 Å². The van der Waals surface area contributed by atoms with Gasteiger partial charge in [-0.1, -0.05) is 30.4 Å². The molecule has 0 radical (unpaired) electrons. The summed E-state index contributed by atoms with van der Waals surface area (Å²) >= 11 is 0. The van der Waals surface area contributed by atoms with E-state index in [1.807, 2.05) is 42.5 Å². The molecule has 0 saturated heterocycles. The highest BCUT2D eigenvalue weighted by Gasteiger charge is 2.67. The molecule has 2 bridgehead atoms. The molecule has 1 heterocycles. The molecule has 1 spiro atoms. The van der Waals surface area contributed by atoms with Crippen LogP contribution in [0.2, 0.25) is 0 Å². The lowest BCUT2D eigenvalue weighted by Gasteiger charge is -2.31. The van der Waals surface area contributed by atoms with Gasteiger partial charge in [0.15, 0.2) is 0 Å². The van der Waals surface area contributed by atoms with E-state index < -0.39 is 23.8 Å². The van der Waals surface area contributed by atoms with Crippen LogP contribution in [0.5, 0.6) is 0 Å². The second-order valence-corrected chi connectivity index (χ2v) is 6.11. The van der Waals surface area contributed by atoms with Gasteiger partial charge in [-0.15, -0.1) is 0 Å². The number of carbonyl (C=O) groups excluding carboxylic acids is 2. The number of rotatable bonds is 3. The predicted octanol–water partition coefficient (Wildman–Crippen LogP) is 2.48. The molecule has 1 saturated carbocycles. The number of benzene rings is 1. The Bertz CT molecular complexity index is 741. The zero-order chi connectivity index (χ0) is 16.7. The average Bonchev–Trinajstić information content (AvgIpc) is 3.26. The smallest absolute Gasteiger partial charge is 0.435 e. The Kier molecular flexibility index (Phi) is 3.40. The van der Waals surface area contributed by atoms with E-state index in [4.69, 9.17) is 14.2 Å². The quantitative estimate of drug-likeness (QED) is 0.630. The van der Waals surface area contributed by atoms with Crippen LogP contribution in [-0.2, 0) is 19.0 Å². The van der Waals surface area contributed by atoms with E-state index in [1.165, 1.54) is 0 Å². The minimum absolute atomic E-state index is 0.0502. The van der Waals surface area contributed by atoms with Crippen LogP contribution >= 0.6 is 0 Å². The molecule has 1 fully saturated rings. The summed E-state index contributed by atoms with van der Waals surface area (Å²) in [5, 5.41) is 0. The van der Waals surface area contributed by atoms with Gasteiger partial charge in [0.25, 0.3) is 0 Å². The van der Waals surface area contributed by atoms with Crippen LogP contribution in [0.4, 0.5) is 4.79 Å². The molecule has 1 aromatic carbocycles. The number of nitrogens with zero attached hydrogens (tertiary/aromatic N) is 1. The maximum absolute atomic E-state index is 12.7. The highest BCUT2D eigenvalue weighted by atomic mass is 16.7.